The highest BCUT2D eigenvalue weighted by atomic mass is 32.1. The second kappa shape index (κ2) is 10.3. The highest BCUT2D eigenvalue weighted by Gasteiger charge is 2.27. The van der Waals surface area contributed by atoms with Crippen molar-refractivity contribution in [1.82, 2.24) is 20.4 Å². The van der Waals surface area contributed by atoms with Crippen LogP contribution in [0.5, 0.6) is 0 Å². The van der Waals surface area contributed by atoms with Gasteiger partial charge in [0.15, 0.2) is 0 Å². The largest absolute Gasteiger partial charge is 0.361 e. The zero-order valence-electron chi connectivity index (χ0n) is 19.4. The van der Waals surface area contributed by atoms with E-state index in [1.54, 1.807) is 0 Å². The number of carbonyl (C=O) groups is 2. The van der Waals surface area contributed by atoms with Crippen LogP contribution < -0.4 is 5.32 Å². The van der Waals surface area contributed by atoms with Gasteiger partial charge in [0.25, 0.3) is 5.91 Å². The SMILES string of the molecule is Cc1nc(-c2ccccc2)sc1C(=O)N1CCC(CC(=O)NCCc2c(C)noc2C)CC1. The van der Waals surface area contributed by atoms with Crippen LogP contribution >= 0.6 is 11.3 Å². The summed E-state index contributed by atoms with van der Waals surface area (Å²) in [5.74, 6) is 1.23. The van der Waals surface area contributed by atoms with Gasteiger partial charge in [-0.05, 0) is 46.0 Å². The van der Waals surface area contributed by atoms with Gasteiger partial charge in [0.05, 0.1) is 11.4 Å². The molecule has 0 aliphatic carbocycles. The molecule has 2 amide bonds. The molecule has 174 valence electrons. The first-order valence-electron chi connectivity index (χ1n) is 11.4. The van der Waals surface area contributed by atoms with E-state index in [4.69, 9.17) is 4.52 Å². The van der Waals surface area contributed by atoms with Crippen LogP contribution in [0.2, 0.25) is 0 Å². The first-order chi connectivity index (χ1) is 15.9. The van der Waals surface area contributed by atoms with Crippen LogP contribution in [0.15, 0.2) is 34.9 Å². The molecule has 3 aromatic rings. The molecular weight excluding hydrogens is 436 g/mol. The maximum Gasteiger partial charge on any atom is 0.265 e. The molecule has 0 radical (unpaired) electrons. The summed E-state index contributed by atoms with van der Waals surface area (Å²) < 4.78 is 5.17. The number of carbonyl (C=O) groups excluding carboxylic acids is 2. The van der Waals surface area contributed by atoms with Gasteiger partial charge in [-0.3, -0.25) is 9.59 Å². The topological polar surface area (TPSA) is 88.3 Å². The summed E-state index contributed by atoms with van der Waals surface area (Å²) in [6.45, 7) is 7.63. The molecule has 4 rings (SSSR count). The lowest BCUT2D eigenvalue weighted by Gasteiger charge is -2.31. The fourth-order valence-electron chi connectivity index (χ4n) is 4.30. The summed E-state index contributed by atoms with van der Waals surface area (Å²) in [6.07, 6.45) is 2.90. The number of thiazole rings is 1. The molecule has 1 aliphatic rings. The molecular formula is C25H30N4O3S. The van der Waals surface area contributed by atoms with Crippen LogP contribution in [0.1, 0.15) is 51.6 Å². The van der Waals surface area contributed by atoms with Crippen molar-refractivity contribution in [2.24, 2.45) is 5.92 Å². The fourth-order valence-corrected chi connectivity index (χ4v) is 5.34. The number of aromatic nitrogens is 2. The molecule has 0 bridgehead atoms. The van der Waals surface area contributed by atoms with Gasteiger partial charge in [0.2, 0.25) is 5.91 Å². The first-order valence-corrected chi connectivity index (χ1v) is 12.2. The molecule has 0 spiro atoms. The maximum atomic E-state index is 13.1. The second-order valence-electron chi connectivity index (χ2n) is 8.64. The smallest absolute Gasteiger partial charge is 0.265 e. The number of hydrogen-bond acceptors (Lipinski definition) is 6. The number of nitrogens with zero attached hydrogens (tertiary/aromatic N) is 3. The Morgan fingerprint density at radius 3 is 2.52 bits per heavy atom. The van der Waals surface area contributed by atoms with Crippen molar-refractivity contribution in [1.29, 1.82) is 0 Å². The third-order valence-corrected chi connectivity index (χ3v) is 7.46. The van der Waals surface area contributed by atoms with Crippen molar-refractivity contribution in [2.75, 3.05) is 19.6 Å². The summed E-state index contributed by atoms with van der Waals surface area (Å²) in [5, 5.41) is 7.84. The fraction of sp³-hybridized carbons (Fsp3) is 0.440. The summed E-state index contributed by atoms with van der Waals surface area (Å²) >= 11 is 1.46. The zero-order valence-corrected chi connectivity index (χ0v) is 20.2. The predicted molar refractivity (Wildman–Crippen MR) is 128 cm³/mol. The molecule has 1 aliphatic heterocycles. The standard InChI is InChI=1S/C25H30N4O3S/c1-16-21(18(3)32-28-16)9-12-26-22(30)15-19-10-13-29(14-11-19)25(31)23-17(2)27-24(33-23)20-7-5-4-6-8-20/h4-8,19H,9-15H2,1-3H3,(H,26,30). The lowest BCUT2D eigenvalue weighted by atomic mass is 9.93. The monoisotopic (exact) mass is 466 g/mol. The Kier molecular flexibility index (Phi) is 7.23. The van der Waals surface area contributed by atoms with E-state index in [1.165, 1.54) is 11.3 Å². The normalized spacial score (nSPS) is 14.5. The number of nitrogens with one attached hydrogen (secondary N) is 1. The van der Waals surface area contributed by atoms with E-state index < -0.39 is 0 Å². The summed E-state index contributed by atoms with van der Waals surface area (Å²) in [4.78, 5) is 32.7. The molecule has 0 unspecified atom stereocenters. The Morgan fingerprint density at radius 2 is 1.85 bits per heavy atom. The number of aryl methyl sites for hydroxylation is 3. The lowest BCUT2D eigenvalue weighted by Crippen LogP contribution is -2.39. The quantitative estimate of drug-likeness (QED) is 0.560. The predicted octanol–water partition coefficient (Wildman–Crippen LogP) is 4.32. The summed E-state index contributed by atoms with van der Waals surface area (Å²) in [6, 6.07) is 9.95. The van der Waals surface area contributed by atoms with Crippen LogP contribution in [0, 0.1) is 26.7 Å². The third kappa shape index (κ3) is 5.50. The molecule has 33 heavy (non-hydrogen) atoms. The molecule has 1 N–H and O–H groups in total. The molecule has 0 saturated carbocycles. The van der Waals surface area contributed by atoms with E-state index in [0.29, 0.717) is 36.9 Å². The Hall–Kier alpha value is -3.00. The van der Waals surface area contributed by atoms with E-state index in [1.807, 2.05) is 56.0 Å². The Labute approximate surface area is 198 Å². The number of piperidine rings is 1. The van der Waals surface area contributed by atoms with Crippen molar-refractivity contribution >= 4 is 23.2 Å². The number of hydrogen-bond donors (Lipinski definition) is 1. The zero-order chi connectivity index (χ0) is 23.4. The van der Waals surface area contributed by atoms with E-state index in [0.717, 1.165) is 52.5 Å². The molecule has 1 fully saturated rings. The number of benzene rings is 1. The van der Waals surface area contributed by atoms with E-state index >= 15 is 0 Å². The second-order valence-corrected chi connectivity index (χ2v) is 9.64. The van der Waals surface area contributed by atoms with Crippen molar-refractivity contribution in [3.05, 3.63) is 57.9 Å². The Morgan fingerprint density at radius 1 is 1.12 bits per heavy atom. The first kappa shape index (κ1) is 23.2. The van der Waals surface area contributed by atoms with Crippen LogP contribution in [0.4, 0.5) is 0 Å². The Balaban J connectivity index is 1.24. The van der Waals surface area contributed by atoms with Crippen LogP contribution in [-0.4, -0.2) is 46.5 Å². The van der Waals surface area contributed by atoms with Gasteiger partial charge in [0.1, 0.15) is 15.6 Å². The summed E-state index contributed by atoms with van der Waals surface area (Å²) in [5.41, 5.74) is 3.76. The van der Waals surface area contributed by atoms with Gasteiger partial charge in [-0.25, -0.2) is 4.98 Å². The number of rotatable bonds is 7. The van der Waals surface area contributed by atoms with E-state index in [9.17, 15) is 9.59 Å². The van der Waals surface area contributed by atoms with Gasteiger partial charge in [-0.1, -0.05) is 35.5 Å². The van der Waals surface area contributed by atoms with Gasteiger partial charge in [-0.15, -0.1) is 11.3 Å². The van der Waals surface area contributed by atoms with Gasteiger partial charge < -0.3 is 14.7 Å². The summed E-state index contributed by atoms with van der Waals surface area (Å²) in [7, 11) is 0. The molecule has 2 aromatic heterocycles. The van der Waals surface area contributed by atoms with Crippen molar-refractivity contribution < 1.29 is 14.1 Å². The number of amides is 2. The van der Waals surface area contributed by atoms with Gasteiger partial charge in [0, 0.05) is 37.2 Å². The van der Waals surface area contributed by atoms with Crippen LogP contribution in [0.25, 0.3) is 10.6 Å². The molecule has 0 atom stereocenters. The van der Waals surface area contributed by atoms with E-state index in [2.05, 4.69) is 15.5 Å². The average molecular weight is 467 g/mol. The molecule has 8 heteroatoms. The Bertz CT molecular complexity index is 1090. The minimum absolute atomic E-state index is 0.0505. The molecule has 7 nitrogen and oxygen atoms in total. The molecule has 3 heterocycles. The van der Waals surface area contributed by atoms with Gasteiger partial charge in [-0.2, -0.15) is 0 Å². The van der Waals surface area contributed by atoms with E-state index in [-0.39, 0.29) is 11.8 Å². The van der Waals surface area contributed by atoms with Crippen LogP contribution in [0.3, 0.4) is 0 Å². The lowest BCUT2D eigenvalue weighted by molar-refractivity contribution is -0.122. The molecule has 1 aromatic carbocycles. The minimum Gasteiger partial charge on any atom is -0.361 e. The van der Waals surface area contributed by atoms with Crippen molar-refractivity contribution in [3.8, 4) is 10.6 Å². The van der Waals surface area contributed by atoms with Crippen molar-refractivity contribution in [2.45, 2.75) is 46.5 Å². The average Bonchev–Trinajstić information content (AvgIpc) is 3.36. The third-order valence-electron chi connectivity index (χ3n) is 6.27. The minimum atomic E-state index is 0.0505. The van der Waals surface area contributed by atoms with Crippen LogP contribution in [-0.2, 0) is 11.2 Å². The highest BCUT2D eigenvalue weighted by molar-refractivity contribution is 7.17. The maximum absolute atomic E-state index is 13.1. The number of likely N-dealkylation sites (tertiary alicyclic amines) is 1. The van der Waals surface area contributed by atoms with Crippen molar-refractivity contribution in [3.63, 3.8) is 0 Å². The highest BCUT2D eigenvalue weighted by Crippen LogP contribution is 2.30. The molecule has 1 saturated heterocycles. The van der Waals surface area contributed by atoms with Gasteiger partial charge >= 0.3 is 0 Å².